The van der Waals surface area contributed by atoms with E-state index < -0.39 is 10.2 Å². The van der Waals surface area contributed by atoms with Crippen LogP contribution in [0.2, 0.25) is 0 Å². The highest BCUT2D eigenvalue weighted by Crippen LogP contribution is 2.31. The fraction of sp³-hybridized carbons (Fsp3) is 0.250. The van der Waals surface area contributed by atoms with Gasteiger partial charge in [-0.2, -0.15) is 0 Å². The molecule has 2 rings (SSSR count). The molecular formula is C16H20N2O8. The van der Waals surface area contributed by atoms with Crippen molar-refractivity contribution in [1.29, 1.82) is 0 Å². The van der Waals surface area contributed by atoms with Gasteiger partial charge in [-0.1, -0.05) is 60.7 Å². The Labute approximate surface area is 148 Å². The standard InChI is InChI=1S/C16H18O2.2HNO3/c17-11-15(12-18)16(13-7-3-1-4-8-13)14-9-5-2-6-10-14;2*2-1(3)4/h1-10,15-18H,11-12H2;2*(H,2,3,4). The van der Waals surface area contributed by atoms with Crippen molar-refractivity contribution >= 4 is 0 Å². The summed E-state index contributed by atoms with van der Waals surface area (Å²) in [4.78, 5) is 16.7. The first kappa shape index (κ1) is 22.8. The second-order valence-electron chi connectivity index (χ2n) is 4.90. The second kappa shape index (κ2) is 13.1. The molecule has 0 unspecified atom stereocenters. The van der Waals surface area contributed by atoms with Crippen molar-refractivity contribution in [2.24, 2.45) is 5.92 Å². The molecule has 0 aromatic heterocycles. The van der Waals surface area contributed by atoms with Crippen LogP contribution < -0.4 is 0 Å². The molecule has 0 fully saturated rings. The number of benzene rings is 2. The second-order valence-corrected chi connectivity index (χ2v) is 4.90. The van der Waals surface area contributed by atoms with Crippen LogP contribution >= 0.6 is 0 Å². The Balaban J connectivity index is 0.000000662. The fourth-order valence-corrected chi connectivity index (χ4v) is 2.33. The third kappa shape index (κ3) is 9.80. The summed E-state index contributed by atoms with van der Waals surface area (Å²) in [6.07, 6.45) is 0. The van der Waals surface area contributed by atoms with Gasteiger partial charge in [0.25, 0.3) is 10.2 Å². The van der Waals surface area contributed by atoms with Crippen LogP contribution in [0.1, 0.15) is 17.0 Å². The van der Waals surface area contributed by atoms with Crippen molar-refractivity contribution in [2.75, 3.05) is 13.2 Å². The molecule has 0 spiro atoms. The van der Waals surface area contributed by atoms with Crippen LogP contribution in [0, 0.1) is 26.1 Å². The van der Waals surface area contributed by atoms with Crippen molar-refractivity contribution in [3.05, 3.63) is 92.0 Å². The number of nitrogens with zero attached hydrogens (tertiary/aromatic N) is 2. The highest BCUT2D eigenvalue weighted by molar-refractivity contribution is 5.33. The molecule has 0 saturated carbocycles. The quantitative estimate of drug-likeness (QED) is 0.457. The van der Waals surface area contributed by atoms with Gasteiger partial charge in [-0.25, -0.2) is 0 Å². The van der Waals surface area contributed by atoms with E-state index >= 15 is 0 Å². The molecule has 4 N–H and O–H groups in total. The molecule has 10 nitrogen and oxygen atoms in total. The van der Waals surface area contributed by atoms with Gasteiger partial charge in [0.2, 0.25) is 0 Å². The Bertz CT molecular complexity index is 576. The van der Waals surface area contributed by atoms with Crippen molar-refractivity contribution in [1.82, 2.24) is 0 Å². The molecule has 0 amide bonds. The average Bonchev–Trinajstić information content (AvgIpc) is 2.60. The molecule has 0 radical (unpaired) electrons. The fourth-order valence-electron chi connectivity index (χ4n) is 2.33. The minimum Gasteiger partial charge on any atom is -0.396 e. The van der Waals surface area contributed by atoms with Crippen molar-refractivity contribution < 1.29 is 30.8 Å². The monoisotopic (exact) mass is 368 g/mol. The lowest BCUT2D eigenvalue weighted by atomic mass is 9.81. The minimum absolute atomic E-state index is 0.0229. The van der Waals surface area contributed by atoms with E-state index in [1.165, 1.54) is 0 Å². The third-order valence-corrected chi connectivity index (χ3v) is 3.26. The summed E-state index contributed by atoms with van der Waals surface area (Å²) in [6.45, 7) is -0.0457. The van der Waals surface area contributed by atoms with Crippen LogP contribution in [0.25, 0.3) is 0 Å². The molecular weight excluding hydrogens is 348 g/mol. The zero-order valence-electron chi connectivity index (χ0n) is 13.7. The molecule has 0 bridgehead atoms. The van der Waals surface area contributed by atoms with E-state index in [9.17, 15) is 10.2 Å². The molecule has 0 aliphatic carbocycles. The molecule has 2 aromatic rings. The summed E-state index contributed by atoms with van der Waals surface area (Å²) in [6, 6.07) is 20.0. The van der Waals surface area contributed by atoms with Crippen molar-refractivity contribution in [2.45, 2.75) is 5.92 Å². The van der Waals surface area contributed by atoms with Crippen molar-refractivity contribution in [3.8, 4) is 0 Å². The maximum atomic E-state index is 9.46. The number of aliphatic hydroxyl groups excluding tert-OH is 2. The predicted molar refractivity (Wildman–Crippen MR) is 90.0 cm³/mol. The maximum Gasteiger partial charge on any atom is 0.291 e. The van der Waals surface area contributed by atoms with E-state index in [1.807, 2.05) is 60.7 Å². The van der Waals surface area contributed by atoms with E-state index in [0.717, 1.165) is 11.1 Å². The molecule has 0 atom stereocenters. The van der Waals surface area contributed by atoms with Gasteiger partial charge in [0.1, 0.15) is 0 Å². The lowest BCUT2D eigenvalue weighted by molar-refractivity contribution is -0.742. The Morgan fingerprint density at radius 1 is 0.731 bits per heavy atom. The van der Waals surface area contributed by atoms with Crippen LogP contribution in [0.5, 0.6) is 0 Å². The first-order valence-corrected chi connectivity index (χ1v) is 7.31. The zero-order valence-corrected chi connectivity index (χ0v) is 13.7. The smallest absolute Gasteiger partial charge is 0.291 e. The Morgan fingerprint density at radius 2 is 1.00 bits per heavy atom. The van der Waals surface area contributed by atoms with E-state index in [2.05, 4.69) is 0 Å². The van der Waals surface area contributed by atoms with Crippen LogP contribution in [0.4, 0.5) is 0 Å². The normalized spacial score (nSPS) is 9.54. The first-order chi connectivity index (χ1) is 12.3. The summed E-state index contributed by atoms with van der Waals surface area (Å²) in [5.74, 6) is -0.141. The average molecular weight is 368 g/mol. The van der Waals surface area contributed by atoms with Gasteiger partial charge in [-0.3, -0.25) is 0 Å². The van der Waals surface area contributed by atoms with Gasteiger partial charge in [0.15, 0.2) is 0 Å². The van der Waals surface area contributed by atoms with Gasteiger partial charge in [0.05, 0.1) is 0 Å². The summed E-state index contributed by atoms with van der Waals surface area (Å²) < 4.78 is 0. The third-order valence-electron chi connectivity index (χ3n) is 3.26. The molecule has 0 heterocycles. The Morgan fingerprint density at radius 3 is 1.23 bits per heavy atom. The maximum absolute atomic E-state index is 9.46. The van der Waals surface area contributed by atoms with Gasteiger partial charge in [0, 0.05) is 25.0 Å². The molecule has 142 valence electrons. The first-order valence-electron chi connectivity index (χ1n) is 7.31. The highest BCUT2D eigenvalue weighted by atomic mass is 16.9. The lowest BCUT2D eigenvalue weighted by Crippen LogP contribution is -2.21. The molecule has 0 aliphatic rings. The zero-order chi connectivity index (χ0) is 19.9. The van der Waals surface area contributed by atoms with Crippen LogP contribution in [-0.4, -0.2) is 44.0 Å². The lowest BCUT2D eigenvalue weighted by Gasteiger charge is -2.25. The minimum atomic E-state index is -1.50. The van der Waals surface area contributed by atoms with Crippen LogP contribution in [0.3, 0.4) is 0 Å². The summed E-state index contributed by atoms with van der Waals surface area (Å²) >= 11 is 0. The number of hydrogen-bond donors (Lipinski definition) is 4. The predicted octanol–water partition coefficient (Wildman–Crippen LogP) is 1.72. The summed E-state index contributed by atoms with van der Waals surface area (Å²) in [7, 11) is 0. The van der Waals surface area contributed by atoms with Gasteiger partial charge in [-0.15, -0.1) is 20.2 Å². The summed E-state index contributed by atoms with van der Waals surface area (Å²) in [5, 5.41) is 46.2. The van der Waals surface area contributed by atoms with Crippen LogP contribution in [0.15, 0.2) is 60.7 Å². The number of hydrogen-bond acceptors (Lipinski definition) is 6. The van der Waals surface area contributed by atoms with Gasteiger partial charge in [-0.05, 0) is 11.1 Å². The number of rotatable bonds is 5. The topological polar surface area (TPSA) is 167 Å². The molecule has 10 heteroatoms. The van der Waals surface area contributed by atoms with E-state index in [1.54, 1.807) is 0 Å². The van der Waals surface area contributed by atoms with Gasteiger partial charge >= 0.3 is 0 Å². The summed E-state index contributed by atoms with van der Waals surface area (Å²) in [5.41, 5.74) is 2.24. The molecule has 2 aromatic carbocycles. The Kier molecular flexibility index (Phi) is 11.5. The molecule has 0 aliphatic heterocycles. The SMILES string of the molecule is O=[N+]([O-])O.O=[N+]([O-])O.OCC(CO)C(c1ccccc1)c1ccccc1. The largest absolute Gasteiger partial charge is 0.396 e. The van der Waals surface area contributed by atoms with Gasteiger partial charge < -0.3 is 20.6 Å². The highest BCUT2D eigenvalue weighted by Gasteiger charge is 2.23. The van der Waals surface area contributed by atoms with Crippen molar-refractivity contribution in [3.63, 3.8) is 0 Å². The van der Waals surface area contributed by atoms with E-state index in [-0.39, 0.29) is 25.0 Å². The van der Waals surface area contributed by atoms with E-state index in [4.69, 9.17) is 30.6 Å². The van der Waals surface area contributed by atoms with Crippen LogP contribution in [-0.2, 0) is 0 Å². The van der Waals surface area contributed by atoms with E-state index in [0.29, 0.717) is 0 Å². The number of aliphatic hydroxyl groups is 2. The molecule has 0 saturated heterocycles. The molecule has 26 heavy (non-hydrogen) atoms. The Hall–Kier alpha value is -3.24.